The van der Waals surface area contributed by atoms with Crippen LogP contribution in [0.1, 0.15) is 22.4 Å². The van der Waals surface area contributed by atoms with Crippen molar-refractivity contribution in [3.8, 4) is 5.75 Å². The summed E-state index contributed by atoms with van der Waals surface area (Å²) in [5.41, 5.74) is 3.30. The summed E-state index contributed by atoms with van der Waals surface area (Å²) in [7, 11) is 0. The van der Waals surface area contributed by atoms with Crippen molar-refractivity contribution < 1.29 is 14.3 Å². The van der Waals surface area contributed by atoms with Crippen molar-refractivity contribution in [2.45, 2.75) is 13.5 Å². The van der Waals surface area contributed by atoms with Gasteiger partial charge in [0.1, 0.15) is 12.4 Å². The number of nitrogens with zero attached hydrogens (tertiary/aromatic N) is 1. The highest BCUT2D eigenvalue weighted by atomic mass is 32.1. The lowest BCUT2D eigenvalue weighted by molar-refractivity contribution is -0.114. The first-order valence-corrected chi connectivity index (χ1v) is 6.92. The van der Waals surface area contributed by atoms with Crippen LogP contribution in [0, 0.1) is 0 Å². The lowest BCUT2D eigenvalue weighted by Crippen LogP contribution is -2.29. The van der Waals surface area contributed by atoms with Gasteiger partial charge in [-0.1, -0.05) is 6.07 Å². The topological polar surface area (TPSA) is 106 Å². The Hall–Kier alpha value is -2.45. The van der Waals surface area contributed by atoms with Crippen molar-refractivity contribution in [3.63, 3.8) is 0 Å². The first-order valence-electron chi connectivity index (χ1n) is 6.04. The summed E-state index contributed by atoms with van der Waals surface area (Å²) < 4.78 is 5.57. The molecule has 0 aliphatic rings. The molecule has 7 nitrogen and oxygen atoms in total. The van der Waals surface area contributed by atoms with E-state index in [1.54, 1.807) is 29.6 Å². The Morgan fingerprint density at radius 2 is 2.24 bits per heavy atom. The van der Waals surface area contributed by atoms with Gasteiger partial charge < -0.3 is 10.1 Å². The van der Waals surface area contributed by atoms with Crippen molar-refractivity contribution in [1.29, 1.82) is 0 Å². The predicted molar refractivity (Wildman–Crippen MR) is 78.8 cm³/mol. The minimum Gasteiger partial charge on any atom is -0.487 e. The van der Waals surface area contributed by atoms with E-state index >= 15 is 0 Å². The number of ether oxygens (including phenoxy) is 1. The maximum atomic E-state index is 11.3. The fourth-order valence-corrected chi connectivity index (χ4v) is 2.27. The van der Waals surface area contributed by atoms with Crippen LogP contribution in [-0.4, -0.2) is 16.8 Å². The van der Waals surface area contributed by atoms with Gasteiger partial charge in [-0.25, -0.2) is 10.8 Å². The molecule has 0 saturated heterocycles. The van der Waals surface area contributed by atoms with E-state index < -0.39 is 5.91 Å². The van der Waals surface area contributed by atoms with E-state index in [1.165, 1.54) is 18.3 Å². The Morgan fingerprint density at radius 1 is 1.43 bits per heavy atom. The summed E-state index contributed by atoms with van der Waals surface area (Å²) in [5, 5.41) is 4.68. The van der Waals surface area contributed by atoms with Gasteiger partial charge in [-0.15, -0.1) is 11.3 Å². The number of carbonyl (C=O) groups is 2. The summed E-state index contributed by atoms with van der Waals surface area (Å²) in [6.45, 7) is 1.66. The maximum Gasteiger partial charge on any atom is 0.294 e. The molecule has 0 unspecified atom stereocenters. The van der Waals surface area contributed by atoms with E-state index in [1.807, 2.05) is 5.43 Å². The third kappa shape index (κ3) is 4.26. The largest absolute Gasteiger partial charge is 0.487 e. The first kappa shape index (κ1) is 14.9. The minimum absolute atomic E-state index is 0.149. The zero-order chi connectivity index (χ0) is 15.2. The molecule has 0 spiro atoms. The lowest BCUT2D eigenvalue weighted by Gasteiger charge is -2.07. The normalized spacial score (nSPS) is 10.0. The fourth-order valence-electron chi connectivity index (χ4n) is 1.56. The van der Waals surface area contributed by atoms with E-state index in [0.29, 0.717) is 17.1 Å². The second-order valence-electron chi connectivity index (χ2n) is 4.12. The van der Waals surface area contributed by atoms with Gasteiger partial charge >= 0.3 is 0 Å². The van der Waals surface area contributed by atoms with E-state index in [9.17, 15) is 9.59 Å². The summed E-state index contributed by atoms with van der Waals surface area (Å²) >= 11 is 1.19. The summed E-state index contributed by atoms with van der Waals surface area (Å²) in [6.07, 6.45) is 0. The third-order valence-corrected chi connectivity index (χ3v) is 3.31. The molecule has 1 aromatic heterocycles. The van der Waals surface area contributed by atoms with Gasteiger partial charge in [0.25, 0.3) is 5.91 Å². The molecule has 2 rings (SSSR count). The molecule has 0 aliphatic carbocycles. The maximum absolute atomic E-state index is 11.3. The minimum atomic E-state index is -0.432. The number of aromatic nitrogens is 1. The number of anilines is 1. The lowest BCUT2D eigenvalue weighted by atomic mass is 10.3. The number of hydrogen-bond donors (Lipinski definition) is 3. The molecule has 0 atom stereocenters. The number of rotatable bonds is 5. The molecule has 21 heavy (non-hydrogen) atoms. The number of nitrogens with one attached hydrogen (secondary N) is 2. The zero-order valence-corrected chi connectivity index (χ0v) is 12.1. The molecular formula is C13H14N4O3S. The standard InChI is InChI=1S/C13H14N4O3S/c1-8(18)15-9-3-2-4-11(5-9)20-6-10-7-21-13(16-10)12(19)17-14/h2-5,7H,6,14H2,1H3,(H,15,18)(H,17,19). The van der Waals surface area contributed by atoms with E-state index in [4.69, 9.17) is 10.6 Å². The Bertz CT molecular complexity index is 656. The summed E-state index contributed by atoms with van der Waals surface area (Å²) in [6, 6.07) is 7.02. The molecule has 8 heteroatoms. The van der Waals surface area contributed by atoms with Crippen molar-refractivity contribution >= 4 is 28.8 Å². The fraction of sp³-hybridized carbons (Fsp3) is 0.154. The highest BCUT2D eigenvalue weighted by Crippen LogP contribution is 2.19. The van der Waals surface area contributed by atoms with Gasteiger partial charge in [0.15, 0.2) is 5.01 Å². The number of nitrogens with two attached hydrogens (primary N) is 1. The summed E-state index contributed by atoms with van der Waals surface area (Å²) in [5.74, 6) is 5.05. The second kappa shape index (κ2) is 6.82. The van der Waals surface area contributed by atoms with Crippen LogP contribution in [0.4, 0.5) is 5.69 Å². The first-order chi connectivity index (χ1) is 10.1. The van der Waals surface area contributed by atoms with Gasteiger partial charge in [0, 0.05) is 24.1 Å². The van der Waals surface area contributed by atoms with Crippen LogP contribution < -0.4 is 21.3 Å². The highest BCUT2D eigenvalue weighted by Gasteiger charge is 2.09. The SMILES string of the molecule is CC(=O)Nc1cccc(OCc2csc(C(=O)NN)n2)c1. The number of carbonyl (C=O) groups excluding carboxylic acids is 2. The molecule has 1 heterocycles. The molecule has 4 N–H and O–H groups in total. The van der Waals surface area contributed by atoms with Gasteiger partial charge in [-0.05, 0) is 12.1 Å². The van der Waals surface area contributed by atoms with Gasteiger partial charge in [0.2, 0.25) is 5.91 Å². The van der Waals surface area contributed by atoms with Crippen LogP contribution in [0.15, 0.2) is 29.6 Å². The number of benzene rings is 1. The molecule has 0 fully saturated rings. The average Bonchev–Trinajstić information content (AvgIpc) is 2.93. The third-order valence-electron chi connectivity index (χ3n) is 2.42. The molecular weight excluding hydrogens is 292 g/mol. The van der Waals surface area contributed by atoms with E-state index in [-0.39, 0.29) is 17.5 Å². The summed E-state index contributed by atoms with van der Waals surface area (Å²) in [4.78, 5) is 26.4. The molecule has 0 saturated carbocycles. The van der Waals surface area contributed by atoms with E-state index in [0.717, 1.165) is 0 Å². The smallest absolute Gasteiger partial charge is 0.294 e. The number of hydrazine groups is 1. The van der Waals surface area contributed by atoms with Crippen LogP contribution in [0.5, 0.6) is 5.75 Å². The molecule has 2 amide bonds. The van der Waals surface area contributed by atoms with Gasteiger partial charge in [0.05, 0.1) is 5.69 Å². The molecule has 0 aliphatic heterocycles. The van der Waals surface area contributed by atoms with Crippen molar-refractivity contribution in [2.24, 2.45) is 5.84 Å². The van der Waals surface area contributed by atoms with Gasteiger partial charge in [-0.3, -0.25) is 15.0 Å². The molecule has 1 aromatic carbocycles. The van der Waals surface area contributed by atoms with Crippen LogP contribution in [-0.2, 0) is 11.4 Å². The zero-order valence-electron chi connectivity index (χ0n) is 11.3. The quantitative estimate of drug-likeness (QED) is 0.438. The second-order valence-corrected chi connectivity index (χ2v) is 4.97. The molecule has 0 radical (unpaired) electrons. The Kier molecular flexibility index (Phi) is 4.85. The number of nitrogen functional groups attached to an aromatic ring is 1. The van der Waals surface area contributed by atoms with Crippen LogP contribution in [0.3, 0.4) is 0 Å². The highest BCUT2D eigenvalue weighted by molar-refractivity contribution is 7.11. The monoisotopic (exact) mass is 306 g/mol. The molecule has 110 valence electrons. The van der Waals surface area contributed by atoms with E-state index in [2.05, 4.69) is 10.3 Å². The van der Waals surface area contributed by atoms with Crippen LogP contribution >= 0.6 is 11.3 Å². The Labute approximate surface area is 125 Å². The Balaban J connectivity index is 1.98. The number of thiazole rings is 1. The molecule has 0 bridgehead atoms. The van der Waals surface area contributed by atoms with Crippen molar-refractivity contribution in [2.75, 3.05) is 5.32 Å². The van der Waals surface area contributed by atoms with Crippen molar-refractivity contribution in [1.82, 2.24) is 10.4 Å². The predicted octanol–water partition coefficient (Wildman–Crippen LogP) is 1.28. The van der Waals surface area contributed by atoms with Crippen LogP contribution in [0.25, 0.3) is 0 Å². The number of amides is 2. The molecule has 2 aromatic rings. The average molecular weight is 306 g/mol. The number of hydrogen-bond acceptors (Lipinski definition) is 6. The Morgan fingerprint density at radius 3 is 2.95 bits per heavy atom. The van der Waals surface area contributed by atoms with Crippen LogP contribution in [0.2, 0.25) is 0 Å². The van der Waals surface area contributed by atoms with Crippen molar-refractivity contribution in [3.05, 3.63) is 40.3 Å². The van der Waals surface area contributed by atoms with Gasteiger partial charge in [-0.2, -0.15) is 0 Å².